The third kappa shape index (κ3) is 3.37. The van der Waals surface area contributed by atoms with E-state index in [1.54, 1.807) is 13.4 Å². The topological polar surface area (TPSA) is 85.4 Å². The third-order valence-corrected chi connectivity index (χ3v) is 6.07. The van der Waals surface area contributed by atoms with Gasteiger partial charge in [-0.2, -0.15) is 0 Å². The van der Waals surface area contributed by atoms with Crippen molar-refractivity contribution in [3.63, 3.8) is 0 Å². The van der Waals surface area contributed by atoms with Crippen molar-refractivity contribution in [3.8, 4) is 5.75 Å². The molecule has 8 heteroatoms. The summed E-state index contributed by atoms with van der Waals surface area (Å²) in [6, 6.07) is 5.70. The van der Waals surface area contributed by atoms with Gasteiger partial charge in [0.15, 0.2) is 0 Å². The van der Waals surface area contributed by atoms with Gasteiger partial charge in [-0.15, -0.1) is 10.2 Å². The van der Waals surface area contributed by atoms with Gasteiger partial charge in [-0.1, -0.05) is 0 Å². The van der Waals surface area contributed by atoms with Crippen LogP contribution in [-0.4, -0.2) is 52.3 Å². The lowest BCUT2D eigenvalue weighted by Gasteiger charge is -2.32. The normalized spacial score (nSPS) is 17.5. The molecular formula is C21H25N5O3. The van der Waals surface area contributed by atoms with E-state index >= 15 is 0 Å². The van der Waals surface area contributed by atoms with Crippen molar-refractivity contribution in [1.82, 2.24) is 25.0 Å². The average molecular weight is 395 g/mol. The molecule has 3 aromatic rings. The molecule has 0 saturated carbocycles. The summed E-state index contributed by atoms with van der Waals surface area (Å²) >= 11 is 0. The number of hydrogen-bond acceptors (Lipinski definition) is 6. The first-order valence-corrected chi connectivity index (χ1v) is 10.2. The summed E-state index contributed by atoms with van der Waals surface area (Å²) < 4.78 is 13.1. The van der Waals surface area contributed by atoms with Crippen molar-refractivity contribution >= 4 is 16.9 Å². The van der Waals surface area contributed by atoms with Crippen LogP contribution in [-0.2, 0) is 24.3 Å². The molecule has 152 valence electrons. The molecule has 1 N–H and O–H groups in total. The number of methoxy groups -OCH3 is 1. The van der Waals surface area contributed by atoms with E-state index in [-0.39, 0.29) is 5.91 Å². The smallest absolute Gasteiger partial charge is 0.227 e. The molecule has 2 aliphatic rings. The molecule has 0 aliphatic carbocycles. The van der Waals surface area contributed by atoms with Crippen LogP contribution in [0, 0.1) is 0 Å². The average Bonchev–Trinajstić information content (AvgIpc) is 3.37. The number of amides is 1. The number of ether oxygens (including phenoxy) is 1. The van der Waals surface area contributed by atoms with Crippen LogP contribution >= 0.6 is 0 Å². The largest absolute Gasteiger partial charge is 0.497 e. The Bertz CT molecular complexity index is 1030. The highest BCUT2D eigenvalue weighted by molar-refractivity contribution is 5.88. The third-order valence-electron chi connectivity index (χ3n) is 6.07. The van der Waals surface area contributed by atoms with E-state index in [1.807, 2.05) is 23.1 Å². The van der Waals surface area contributed by atoms with E-state index in [1.165, 1.54) is 0 Å². The van der Waals surface area contributed by atoms with Gasteiger partial charge in [0.25, 0.3) is 0 Å². The van der Waals surface area contributed by atoms with Gasteiger partial charge in [0.2, 0.25) is 5.91 Å². The molecular weight excluding hydrogens is 370 g/mol. The minimum absolute atomic E-state index is 0.148. The summed E-state index contributed by atoms with van der Waals surface area (Å²) in [7, 11) is 1.63. The van der Waals surface area contributed by atoms with E-state index in [0.29, 0.717) is 12.3 Å². The number of carbonyl (C=O) groups is 1. The number of aromatic nitrogens is 3. The van der Waals surface area contributed by atoms with E-state index in [4.69, 9.17) is 9.15 Å². The summed E-state index contributed by atoms with van der Waals surface area (Å²) in [5.41, 5.74) is 1.67. The first-order chi connectivity index (χ1) is 14.2. The lowest BCUT2D eigenvalue weighted by atomic mass is 9.95. The zero-order valence-electron chi connectivity index (χ0n) is 16.6. The highest BCUT2D eigenvalue weighted by Gasteiger charge is 2.29. The fourth-order valence-corrected chi connectivity index (χ4v) is 4.41. The van der Waals surface area contributed by atoms with Crippen molar-refractivity contribution in [2.75, 3.05) is 26.7 Å². The van der Waals surface area contributed by atoms with Crippen LogP contribution in [0.1, 0.15) is 36.0 Å². The molecule has 0 radical (unpaired) electrons. The standard InChI is InChI=1S/C21H25N5O3/c1-28-16-2-3-17-15(13-29-18(17)11-16)10-20(27)25-7-4-14(5-8-25)21-24-23-19-12-22-6-9-26(19)21/h2-3,11,13-14,22H,4-10,12H2,1H3. The Labute approximate surface area is 168 Å². The van der Waals surface area contributed by atoms with Gasteiger partial charge in [-0.25, -0.2) is 0 Å². The summed E-state index contributed by atoms with van der Waals surface area (Å²) in [5.74, 6) is 3.38. The number of benzene rings is 1. The van der Waals surface area contributed by atoms with E-state index in [0.717, 1.165) is 79.5 Å². The van der Waals surface area contributed by atoms with Gasteiger partial charge < -0.3 is 23.9 Å². The number of nitrogens with one attached hydrogen (secondary N) is 1. The number of carbonyl (C=O) groups excluding carboxylic acids is 1. The molecule has 0 bridgehead atoms. The van der Waals surface area contributed by atoms with Crippen molar-refractivity contribution in [2.24, 2.45) is 0 Å². The van der Waals surface area contributed by atoms with Crippen molar-refractivity contribution in [1.29, 1.82) is 0 Å². The van der Waals surface area contributed by atoms with E-state index < -0.39 is 0 Å². The van der Waals surface area contributed by atoms with Gasteiger partial charge in [-0.05, 0) is 25.0 Å². The van der Waals surface area contributed by atoms with Crippen molar-refractivity contribution in [3.05, 3.63) is 41.7 Å². The fourth-order valence-electron chi connectivity index (χ4n) is 4.41. The highest BCUT2D eigenvalue weighted by atomic mass is 16.5. The number of fused-ring (bicyclic) bond motifs is 2. The SMILES string of the molecule is COc1ccc2c(CC(=O)N3CCC(c4nnc5n4CCNC5)CC3)coc2c1. The van der Waals surface area contributed by atoms with Gasteiger partial charge in [0.05, 0.1) is 26.3 Å². The Morgan fingerprint density at radius 1 is 1.28 bits per heavy atom. The zero-order valence-corrected chi connectivity index (χ0v) is 16.6. The highest BCUT2D eigenvalue weighted by Crippen LogP contribution is 2.29. The Morgan fingerprint density at radius 3 is 2.97 bits per heavy atom. The molecule has 0 unspecified atom stereocenters. The van der Waals surface area contributed by atoms with Crippen LogP contribution in [0.15, 0.2) is 28.9 Å². The summed E-state index contributed by atoms with van der Waals surface area (Å²) in [5, 5.41) is 13.1. The molecule has 1 fully saturated rings. The lowest BCUT2D eigenvalue weighted by molar-refractivity contribution is -0.131. The Kier molecular flexibility index (Phi) is 4.71. The quantitative estimate of drug-likeness (QED) is 0.728. The maximum absolute atomic E-state index is 12.9. The molecule has 1 saturated heterocycles. The molecule has 2 aliphatic heterocycles. The molecule has 5 rings (SSSR count). The van der Waals surface area contributed by atoms with Gasteiger partial charge in [-0.3, -0.25) is 4.79 Å². The van der Waals surface area contributed by atoms with Crippen LogP contribution in [0.25, 0.3) is 11.0 Å². The second-order valence-electron chi connectivity index (χ2n) is 7.76. The summed E-state index contributed by atoms with van der Waals surface area (Å²) in [6.45, 7) is 4.19. The van der Waals surface area contributed by atoms with Gasteiger partial charge in [0, 0.05) is 49.1 Å². The fraction of sp³-hybridized carbons (Fsp3) is 0.476. The van der Waals surface area contributed by atoms with Gasteiger partial charge >= 0.3 is 0 Å². The van der Waals surface area contributed by atoms with Crippen LogP contribution in [0.2, 0.25) is 0 Å². The lowest BCUT2D eigenvalue weighted by Crippen LogP contribution is -2.39. The van der Waals surface area contributed by atoms with Crippen molar-refractivity contribution < 1.29 is 13.9 Å². The Balaban J connectivity index is 1.23. The Hall–Kier alpha value is -2.87. The van der Waals surface area contributed by atoms with Crippen molar-refractivity contribution in [2.45, 2.75) is 38.3 Å². The van der Waals surface area contributed by atoms with Crippen LogP contribution in [0.4, 0.5) is 0 Å². The van der Waals surface area contributed by atoms with Crippen LogP contribution in [0.5, 0.6) is 5.75 Å². The summed E-state index contributed by atoms with van der Waals surface area (Å²) in [6.07, 6.45) is 3.91. The van der Waals surface area contributed by atoms with E-state index in [2.05, 4.69) is 20.1 Å². The maximum Gasteiger partial charge on any atom is 0.227 e. The monoisotopic (exact) mass is 395 g/mol. The minimum atomic E-state index is 0.148. The number of rotatable bonds is 4. The molecule has 29 heavy (non-hydrogen) atoms. The summed E-state index contributed by atoms with van der Waals surface area (Å²) in [4.78, 5) is 14.8. The Morgan fingerprint density at radius 2 is 2.14 bits per heavy atom. The molecule has 0 spiro atoms. The van der Waals surface area contributed by atoms with Gasteiger partial charge in [0.1, 0.15) is 23.0 Å². The first-order valence-electron chi connectivity index (χ1n) is 10.2. The van der Waals surface area contributed by atoms with Crippen LogP contribution in [0.3, 0.4) is 0 Å². The molecule has 8 nitrogen and oxygen atoms in total. The zero-order chi connectivity index (χ0) is 19.8. The number of piperidine rings is 1. The number of hydrogen-bond donors (Lipinski definition) is 1. The minimum Gasteiger partial charge on any atom is -0.497 e. The maximum atomic E-state index is 12.9. The number of furan rings is 1. The van der Waals surface area contributed by atoms with E-state index in [9.17, 15) is 4.79 Å². The molecule has 4 heterocycles. The number of nitrogens with zero attached hydrogens (tertiary/aromatic N) is 4. The predicted octanol–water partition coefficient (Wildman–Crippen LogP) is 2.08. The second-order valence-corrected chi connectivity index (χ2v) is 7.76. The first kappa shape index (κ1) is 18.2. The van der Waals surface area contributed by atoms with Crippen LogP contribution < -0.4 is 10.1 Å². The number of likely N-dealkylation sites (tertiary alicyclic amines) is 1. The molecule has 0 atom stereocenters. The molecule has 1 amide bonds. The second kappa shape index (κ2) is 7.51. The molecule has 1 aromatic carbocycles. The predicted molar refractivity (Wildman–Crippen MR) is 107 cm³/mol. The molecule has 2 aromatic heterocycles.